The number of esters is 1. The van der Waals surface area contributed by atoms with Crippen LogP contribution in [-0.4, -0.2) is 36.5 Å². The first-order chi connectivity index (χ1) is 12.9. The van der Waals surface area contributed by atoms with E-state index in [1.807, 2.05) is 0 Å². The van der Waals surface area contributed by atoms with Crippen LogP contribution in [0.3, 0.4) is 0 Å². The monoisotopic (exact) mass is 394 g/mol. The molecular formula is C19H20F2N2O3S. The predicted molar refractivity (Wildman–Crippen MR) is 99.2 cm³/mol. The third-order valence-corrected chi connectivity index (χ3v) is 5.60. The second-order valence-corrected chi connectivity index (χ2v) is 7.23. The quantitative estimate of drug-likeness (QED) is 0.783. The highest BCUT2D eigenvalue weighted by Crippen LogP contribution is 2.38. The van der Waals surface area contributed by atoms with Crippen molar-refractivity contribution in [2.24, 2.45) is 0 Å². The fourth-order valence-corrected chi connectivity index (χ4v) is 4.35. The van der Waals surface area contributed by atoms with E-state index in [0.29, 0.717) is 29.6 Å². The van der Waals surface area contributed by atoms with Gasteiger partial charge in [0.2, 0.25) is 0 Å². The van der Waals surface area contributed by atoms with Crippen LogP contribution in [0.4, 0.5) is 13.8 Å². The zero-order chi connectivity index (χ0) is 19.6. The summed E-state index contributed by atoms with van der Waals surface area (Å²) in [4.78, 5) is 28.2. The first kappa shape index (κ1) is 19.4. The van der Waals surface area contributed by atoms with Crippen molar-refractivity contribution in [3.8, 4) is 0 Å². The van der Waals surface area contributed by atoms with Crippen LogP contribution in [0, 0.1) is 11.6 Å². The summed E-state index contributed by atoms with van der Waals surface area (Å²) in [6.07, 6.45) is 0.675. The van der Waals surface area contributed by atoms with Gasteiger partial charge >= 0.3 is 5.97 Å². The number of rotatable bonds is 5. The highest BCUT2D eigenvalue weighted by atomic mass is 32.1. The number of hydrogen-bond donors (Lipinski definition) is 1. The lowest BCUT2D eigenvalue weighted by Crippen LogP contribution is -2.30. The highest BCUT2D eigenvalue weighted by molar-refractivity contribution is 7.17. The summed E-state index contributed by atoms with van der Waals surface area (Å²) in [5.41, 5.74) is 0.925. The molecule has 1 aliphatic heterocycles. The molecule has 3 rings (SSSR count). The number of halogens is 2. The molecule has 1 aromatic heterocycles. The summed E-state index contributed by atoms with van der Waals surface area (Å²) in [5.74, 6) is -2.95. The van der Waals surface area contributed by atoms with Gasteiger partial charge in [-0.05, 0) is 37.6 Å². The van der Waals surface area contributed by atoms with Gasteiger partial charge in [0, 0.05) is 24.0 Å². The zero-order valence-electron chi connectivity index (χ0n) is 15.1. The Kier molecular flexibility index (Phi) is 5.86. The fourth-order valence-electron chi connectivity index (χ4n) is 3.08. The Balaban J connectivity index is 1.95. The van der Waals surface area contributed by atoms with Crippen molar-refractivity contribution in [2.45, 2.75) is 26.8 Å². The predicted octanol–water partition coefficient (Wildman–Crippen LogP) is 3.83. The number of ether oxygens (including phenoxy) is 1. The minimum Gasteiger partial charge on any atom is -0.462 e. The van der Waals surface area contributed by atoms with Crippen molar-refractivity contribution in [3.05, 3.63) is 51.4 Å². The van der Waals surface area contributed by atoms with Gasteiger partial charge in [0.05, 0.1) is 17.7 Å². The molecule has 1 aliphatic rings. The Morgan fingerprint density at radius 1 is 1.30 bits per heavy atom. The lowest BCUT2D eigenvalue weighted by atomic mass is 10.0. The summed E-state index contributed by atoms with van der Waals surface area (Å²) in [6.45, 7) is 6.36. The largest absolute Gasteiger partial charge is 0.462 e. The average molecular weight is 394 g/mol. The number of anilines is 1. The van der Waals surface area contributed by atoms with Crippen LogP contribution in [0.25, 0.3) is 0 Å². The van der Waals surface area contributed by atoms with Crippen molar-refractivity contribution >= 4 is 28.2 Å². The third kappa shape index (κ3) is 4.01. The minimum absolute atomic E-state index is 0.213. The van der Waals surface area contributed by atoms with Crippen LogP contribution in [-0.2, 0) is 17.7 Å². The molecule has 0 saturated heterocycles. The highest BCUT2D eigenvalue weighted by Gasteiger charge is 2.29. The molecule has 27 heavy (non-hydrogen) atoms. The molecule has 2 heterocycles. The van der Waals surface area contributed by atoms with Gasteiger partial charge in [0.15, 0.2) is 0 Å². The van der Waals surface area contributed by atoms with E-state index in [1.165, 1.54) is 11.3 Å². The number of nitrogens with one attached hydrogen (secondary N) is 1. The molecule has 0 bridgehead atoms. The second-order valence-electron chi connectivity index (χ2n) is 6.13. The van der Waals surface area contributed by atoms with Crippen molar-refractivity contribution < 1.29 is 23.1 Å². The molecule has 0 spiro atoms. The number of fused-ring (bicyclic) bond motifs is 1. The Hall–Kier alpha value is -2.32. The van der Waals surface area contributed by atoms with Crippen LogP contribution in [0.2, 0.25) is 0 Å². The topological polar surface area (TPSA) is 58.6 Å². The normalized spacial score (nSPS) is 13.9. The Morgan fingerprint density at radius 2 is 2.07 bits per heavy atom. The molecule has 8 heteroatoms. The number of likely N-dealkylation sites (N-methyl/N-ethyl adjacent to an activating group) is 1. The maximum Gasteiger partial charge on any atom is 0.341 e. The fraction of sp³-hybridized carbons (Fsp3) is 0.368. The van der Waals surface area contributed by atoms with E-state index in [9.17, 15) is 18.4 Å². The molecule has 144 valence electrons. The molecule has 1 amide bonds. The number of nitrogens with zero attached hydrogens (tertiary/aromatic N) is 1. The van der Waals surface area contributed by atoms with Crippen molar-refractivity contribution in [1.29, 1.82) is 0 Å². The van der Waals surface area contributed by atoms with Gasteiger partial charge in [-0.2, -0.15) is 0 Å². The third-order valence-electron chi connectivity index (χ3n) is 4.47. The van der Waals surface area contributed by atoms with E-state index >= 15 is 0 Å². The second kappa shape index (κ2) is 8.14. The summed E-state index contributed by atoms with van der Waals surface area (Å²) in [6, 6.07) is 2.75. The van der Waals surface area contributed by atoms with E-state index in [4.69, 9.17) is 4.74 Å². The van der Waals surface area contributed by atoms with E-state index < -0.39 is 23.5 Å². The van der Waals surface area contributed by atoms with Gasteiger partial charge in [0.1, 0.15) is 16.6 Å². The minimum atomic E-state index is -0.955. The number of benzene rings is 1. The molecule has 1 aromatic carbocycles. The average Bonchev–Trinajstić information content (AvgIpc) is 2.98. The Morgan fingerprint density at radius 3 is 2.74 bits per heavy atom. The van der Waals surface area contributed by atoms with Crippen LogP contribution in [0.5, 0.6) is 0 Å². The molecular weight excluding hydrogens is 374 g/mol. The summed E-state index contributed by atoms with van der Waals surface area (Å²) in [7, 11) is 0. The molecule has 5 nitrogen and oxygen atoms in total. The number of thiophene rings is 1. The molecule has 0 aliphatic carbocycles. The van der Waals surface area contributed by atoms with E-state index in [-0.39, 0.29) is 12.2 Å². The van der Waals surface area contributed by atoms with Crippen molar-refractivity contribution in [1.82, 2.24) is 4.90 Å². The van der Waals surface area contributed by atoms with Gasteiger partial charge in [-0.25, -0.2) is 13.6 Å². The van der Waals surface area contributed by atoms with Crippen LogP contribution in [0.15, 0.2) is 18.2 Å². The molecule has 0 radical (unpaired) electrons. The lowest BCUT2D eigenvalue weighted by Gasteiger charge is -2.25. The van der Waals surface area contributed by atoms with Gasteiger partial charge in [-0.3, -0.25) is 9.69 Å². The maximum absolute atomic E-state index is 13.9. The van der Waals surface area contributed by atoms with E-state index in [0.717, 1.165) is 35.7 Å². The SMILES string of the molecule is CCOC(=O)c1c(NC(=O)c2ccc(F)cc2F)sc2c1CCN(CC)C2. The first-order valence-electron chi connectivity index (χ1n) is 8.75. The lowest BCUT2D eigenvalue weighted by molar-refractivity contribution is 0.0526. The van der Waals surface area contributed by atoms with Gasteiger partial charge in [0.25, 0.3) is 5.91 Å². The maximum atomic E-state index is 13.9. The molecule has 0 fully saturated rings. The summed E-state index contributed by atoms with van der Waals surface area (Å²) in [5, 5.41) is 2.95. The van der Waals surface area contributed by atoms with Crippen LogP contribution in [0.1, 0.15) is 45.0 Å². The molecule has 0 unspecified atom stereocenters. The molecule has 0 atom stereocenters. The van der Waals surface area contributed by atoms with Crippen LogP contribution >= 0.6 is 11.3 Å². The van der Waals surface area contributed by atoms with E-state index in [2.05, 4.69) is 17.1 Å². The number of carbonyl (C=O) groups is 2. The number of carbonyl (C=O) groups excluding carboxylic acids is 2. The zero-order valence-corrected chi connectivity index (χ0v) is 15.9. The Bertz CT molecular complexity index is 882. The molecule has 2 aromatic rings. The molecule has 0 saturated carbocycles. The molecule has 1 N–H and O–H groups in total. The Labute approximate surface area is 159 Å². The van der Waals surface area contributed by atoms with Crippen LogP contribution < -0.4 is 5.32 Å². The van der Waals surface area contributed by atoms with Gasteiger partial charge < -0.3 is 10.1 Å². The van der Waals surface area contributed by atoms with Gasteiger partial charge in [-0.15, -0.1) is 11.3 Å². The van der Waals surface area contributed by atoms with Gasteiger partial charge in [-0.1, -0.05) is 6.92 Å². The number of amides is 1. The first-order valence-corrected chi connectivity index (χ1v) is 9.56. The summed E-state index contributed by atoms with van der Waals surface area (Å²) >= 11 is 1.30. The smallest absolute Gasteiger partial charge is 0.341 e. The van der Waals surface area contributed by atoms with E-state index in [1.54, 1.807) is 6.92 Å². The van der Waals surface area contributed by atoms with Crippen molar-refractivity contribution in [2.75, 3.05) is 25.0 Å². The number of hydrogen-bond acceptors (Lipinski definition) is 5. The standard InChI is InChI=1S/C19H20F2N2O3S/c1-3-23-8-7-13-15(10-23)27-18(16(13)19(25)26-4-2)22-17(24)12-6-5-11(20)9-14(12)21/h5-6,9H,3-4,7-8,10H2,1-2H3,(H,22,24). The summed E-state index contributed by atoms with van der Waals surface area (Å²) < 4.78 is 32.1. The van der Waals surface area contributed by atoms with Crippen molar-refractivity contribution in [3.63, 3.8) is 0 Å².